The molecule has 1 atom stereocenters. The van der Waals surface area contributed by atoms with Crippen LogP contribution in [0.1, 0.15) is 30.9 Å². The number of nitrogens with one attached hydrogen (secondary N) is 1. The van der Waals surface area contributed by atoms with Crippen molar-refractivity contribution in [1.82, 2.24) is 5.43 Å². The number of ether oxygens (including phenoxy) is 1. The Kier molecular flexibility index (Phi) is 3.68. The third-order valence-electron chi connectivity index (χ3n) is 3.57. The van der Waals surface area contributed by atoms with Crippen molar-refractivity contribution in [2.75, 3.05) is 7.11 Å². The average Bonchev–Trinajstić information content (AvgIpc) is 2.27. The largest absolute Gasteiger partial charge is 0.376 e. The van der Waals surface area contributed by atoms with E-state index in [-0.39, 0.29) is 17.5 Å². The summed E-state index contributed by atoms with van der Waals surface area (Å²) in [6.45, 7) is 0. The van der Waals surface area contributed by atoms with Crippen LogP contribution >= 0.6 is 11.6 Å². The third-order valence-corrected chi connectivity index (χ3v) is 3.91. The van der Waals surface area contributed by atoms with Crippen LogP contribution in [0.4, 0.5) is 4.39 Å². The quantitative estimate of drug-likeness (QED) is 0.645. The molecule has 1 saturated carbocycles. The number of hydrogen-bond acceptors (Lipinski definition) is 3. The van der Waals surface area contributed by atoms with E-state index in [4.69, 9.17) is 22.2 Å². The molecule has 1 aliphatic carbocycles. The van der Waals surface area contributed by atoms with Crippen LogP contribution in [0.3, 0.4) is 0 Å². The summed E-state index contributed by atoms with van der Waals surface area (Å²) >= 11 is 6.10. The molecular formula is C12H16ClFN2O. The summed E-state index contributed by atoms with van der Waals surface area (Å²) < 4.78 is 18.8. The predicted molar refractivity (Wildman–Crippen MR) is 65.1 cm³/mol. The molecule has 1 unspecified atom stereocenters. The van der Waals surface area contributed by atoms with Crippen molar-refractivity contribution in [3.63, 3.8) is 0 Å². The van der Waals surface area contributed by atoms with Gasteiger partial charge in [0.1, 0.15) is 5.82 Å². The molecule has 0 aromatic heterocycles. The highest BCUT2D eigenvalue weighted by molar-refractivity contribution is 6.31. The Morgan fingerprint density at radius 2 is 2.24 bits per heavy atom. The van der Waals surface area contributed by atoms with Gasteiger partial charge in [-0.25, -0.2) is 4.39 Å². The predicted octanol–water partition coefficient (Wildman–Crippen LogP) is 2.55. The monoisotopic (exact) mass is 258 g/mol. The highest BCUT2D eigenvalue weighted by Gasteiger charge is 2.45. The van der Waals surface area contributed by atoms with Crippen molar-refractivity contribution in [3.05, 3.63) is 34.6 Å². The van der Waals surface area contributed by atoms with Crippen molar-refractivity contribution in [3.8, 4) is 0 Å². The van der Waals surface area contributed by atoms with E-state index >= 15 is 0 Å². The molecule has 1 aliphatic rings. The maximum Gasteiger partial charge on any atom is 0.123 e. The van der Waals surface area contributed by atoms with E-state index < -0.39 is 0 Å². The molecule has 0 spiro atoms. The Hall–Kier alpha value is -0.680. The number of rotatable bonds is 4. The summed E-state index contributed by atoms with van der Waals surface area (Å²) in [6, 6.07) is 3.99. The van der Waals surface area contributed by atoms with E-state index in [0.717, 1.165) is 19.3 Å². The van der Waals surface area contributed by atoms with Crippen LogP contribution in [0.25, 0.3) is 0 Å². The van der Waals surface area contributed by atoms with Gasteiger partial charge in [0.2, 0.25) is 0 Å². The average molecular weight is 259 g/mol. The second-order valence-electron chi connectivity index (χ2n) is 4.39. The Labute approximate surface area is 105 Å². The Balaban J connectivity index is 2.37. The molecular weight excluding hydrogens is 243 g/mol. The van der Waals surface area contributed by atoms with Gasteiger partial charge in [0.25, 0.3) is 0 Å². The molecule has 0 heterocycles. The first-order valence-corrected chi connectivity index (χ1v) is 5.97. The van der Waals surface area contributed by atoms with E-state index in [2.05, 4.69) is 5.43 Å². The van der Waals surface area contributed by atoms with Crippen LogP contribution in [0.2, 0.25) is 5.02 Å². The molecule has 0 bridgehead atoms. The first-order valence-electron chi connectivity index (χ1n) is 5.59. The molecule has 3 nitrogen and oxygen atoms in total. The lowest BCUT2D eigenvalue weighted by molar-refractivity contribution is -0.0999. The minimum Gasteiger partial charge on any atom is -0.376 e. The molecule has 1 fully saturated rings. The molecule has 2 rings (SSSR count). The maximum atomic E-state index is 13.3. The highest BCUT2D eigenvalue weighted by atomic mass is 35.5. The zero-order chi connectivity index (χ0) is 12.5. The number of nitrogens with two attached hydrogens (primary N) is 1. The Morgan fingerprint density at radius 3 is 2.71 bits per heavy atom. The summed E-state index contributed by atoms with van der Waals surface area (Å²) in [6.07, 6.45) is 2.87. The van der Waals surface area contributed by atoms with Crippen molar-refractivity contribution >= 4 is 11.6 Å². The van der Waals surface area contributed by atoms with Crippen LogP contribution in [0.5, 0.6) is 0 Å². The maximum absolute atomic E-state index is 13.3. The fraction of sp³-hybridized carbons (Fsp3) is 0.500. The molecule has 94 valence electrons. The van der Waals surface area contributed by atoms with Gasteiger partial charge in [0.15, 0.2) is 0 Å². The van der Waals surface area contributed by atoms with Crippen molar-refractivity contribution in [2.24, 2.45) is 5.84 Å². The number of halogens is 2. The van der Waals surface area contributed by atoms with Gasteiger partial charge in [-0.3, -0.25) is 11.3 Å². The summed E-state index contributed by atoms with van der Waals surface area (Å²) in [5.74, 6) is 5.26. The number of methoxy groups -OCH3 is 1. The molecule has 0 amide bonds. The van der Waals surface area contributed by atoms with Gasteiger partial charge in [0, 0.05) is 12.1 Å². The third kappa shape index (κ3) is 2.18. The zero-order valence-corrected chi connectivity index (χ0v) is 10.4. The smallest absolute Gasteiger partial charge is 0.123 e. The first kappa shape index (κ1) is 12.8. The number of hydrazine groups is 1. The van der Waals surface area contributed by atoms with Gasteiger partial charge < -0.3 is 4.74 Å². The number of benzene rings is 1. The van der Waals surface area contributed by atoms with Crippen LogP contribution in [-0.4, -0.2) is 12.7 Å². The summed E-state index contributed by atoms with van der Waals surface area (Å²) in [5.41, 5.74) is 2.98. The molecule has 3 N–H and O–H groups in total. The van der Waals surface area contributed by atoms with Crippen molar-refractivity contribution in [2.45, 2.75) is 30.9 Å². The van der Waals surface area contributed by atoms with E-state index in [1.54, 1.807) is 13.2 Å². The van der Waals surface area contributed by atoms with Gasteiger partial charge in [-0.1, -0.05) is 11.6 Å². The standard InChI is InChI=1S/C12H16ClFN2O/c1-17-12(5-2-6-12)11(16-15)9-7-8(14)3-4-10(9)13/h3-4,7,11,16H,2,5-6,15H2,1H3. The van der Waals surface area contributed by atoms with Crippen LogP contribution in [-0.2, 0) is 4.74 Å². The Morgan fingerprint density at radius 1 is 1.53 bits per heavy atom. The highest BCUT2D eigenvalue weighted by Crippen LogP contribution is 2.45. The van der Waals surface area contributed by atoms with Crippen LogP contribution in [0, 0.1) is 5.82 Å². The van der Waals surface area contributed by atoms with Crippen molar-refractivity contribution < 1.29 is 9.13 Å². The van der Waals surface area contributed by atoms with Gasteiger partial charge in [-0.05, 0) is 43.0 Å². The van der Waals surface area contributed by atoms with E-state index in [0.29, 0.717) is 10.6 Å². The van der Waals surface area contributed by atoms with Crippen molar-refractivity contribution in [1.29, 1.82) is 0 Å². The summed E-state index contributed by atoms with van der Waals surface area (Å²) in [7, 11) is 1.65. The Bertz CT molecular complexity index is 404. The van der Waals surface area contributed by atoms with Gasteiger partial charge >= 0.3 is 0 Å². The van der Waals surface area contributed by atoms with E-state index in [1.165, 1.54) is 12.1 Å². The lowest BCUT2D eigenvalue weighted by Crippen LogP contribution is -2.52. The van der Waals surface area contributed by atoms with Gasteiger partial charge in [-0.2, -0.15) is 0 Å². The minimum atomic E-state index is -0.369. The van der Waals surface area contributed by atoms with Gasteiger partial charge in [-0.15, -0.1) is 0 Å². The fourth-order valence-corrected chi connectivity index (χ4v) is 2.62. The SMILES string of the molecule is COC1(C(NN)c2cc(F)ccc2Cl)CCC1. The lowest BCUT2D eigenvalue weighted by atomic mass is 9.72. The molecule has 1 aromatic carbocycles. The second-order valence-corrected chi connectivity index (χ2v) is 4.80. The first-order chi connectivity index (χ1) is 8.13. The molecule has 0 radical (unpaired) electrons. The topological polar surface area (TPSA) is 47.3 Å². The number of hydrogen-bond donors (Lipinski definition) is 2. The summed E-state index contributed by atoms with van der Waals surface area (Å²) in [5, 5.41) is 0.498. The molecule has 5 heteroatoms. The molecule has 1 aromatic rings. The van der Waals surface area contributed by atoms with E-state index in [1.807, 2.05) is 0 Å². The molecule has 0 aliphatic heterocycles. The second kappa shape index (κ2) is 4.90. The van der Waals surface area contributed by atoms with Crippen LogP contribution < -0.4 is 11.3 Å². The summed E-state index contributed by atoms with van der Waals surface area (Å²) in [4.78, 5) is 0. The molecule has 17 heavy (non-hydrogen) atoms. The fourth-order valence-electron chi connectivity index (χ4n) is 2.40. The lowest BCUT2D eigenvalue weighted by Gasteiger charge is -2.46. The molecule has 0 saturated heterocycles. The minimum absolute atomic E-state index is 0.288. The van der Waals surface area contributed by atoms with Crippen LogP contribution in [0.15, 0.2) is 18.2 Å². The normalized spacial score (nSPS) is 19.8. The zero-order valence-electron chi connectivity index (χ0n) is 9.67. The van der Waals surface area contributed by atoms with Gasteiger partial charge in [0.05, 0.1) is 11.6 Å². The van der Waals surface area contributed by atoms with E-state index in [9.17, 15) is 4.39 Å².